The van der Waals surface area contributed by atoms with Gasteiger partial charge in [0.05, 0.1) is 11.5 Å². The van der Waals surface area contributed by atoms with Crippen molar-refractivity contribution in [3.8, 4) is 6.07 Å². The molecular weight excluding hydrogens is 208 g/mol. The Balaban J connectivity index is 2.55. The van der Waals surface area contributed by atoms with Gasteiger partial charge in [-0.2, -0.15) is 5.26 Å². The summed E-state index contributed by atoms with van der Waals surface area (Å²) < 4.78 is 0. The van der Waals surface area contributed by atoms with Crippen LogP contribution in [0.4, 0.5) is 5.69 Å². The Morgan fingerprint density at radius 2 is 2.00 bits per heavy atom. The lowest BCUT2D eigenvalue weighted by molar-refractivity contribution is 0.466. The van der Waals surface area contributed by atoms with E-state index in [1.165, 1.54) is 11.3 Å². The van der Waals surface area contributed by atoms with E-state index in [4.69, 9.17) is 5.26 Å². The number of para-hydroxylation sites is 1. The largest absolute Gasteiger partial charge is 0.385 e. The van der Waals surface area contributed by atoms with Crippen LogP contribution in [0.15, 0.2) is 24.3 Å². The number of nitrogens with zero attached hydrogens (tertiary/aromatic N) is 1. The molecule has 17 heavy (non-hydrogen) atoms. The number of nitrogens with one attached hydrogen (secondary N) is 1. The van der Waals surface area contributed by atoms with Crippen molar-refractivity contribution in [3.63, 3.8) is 0 Å². The third-order valence-corrected chi connectivity index (χ3v) is 2.90. The number of nitriles is 1. The summed E-state index contributed by atoms with van der Waals surface area (Å²) in [4.78, 5) is 0. The molecule has 92 valence electrons. The highest BCUT2D eigenvalue weighted by molar-refractivity contribution is 5.51. The second kappa shape index (κ2) is 6.30. The van der Waals surface area contributed by atoms with Crippen molar-refractivity contribution < 1.29 is 0 Å². The first-order valence-electron chi connectivity index (χ1n) is 6.32. The molecule has 2 nitrogen and oxygen atoms in total. The molecule has 0 amide bonds. The standard InChI is InChI=1S/C15H22N2/c1-4-7-13-8-5-6-9-14(13)17-11-10-15(2,3)12-16/h5-6,8-9,17H,4,7,10-11H2,1-3H3. The zero-order chi connectivity index (χ0) is 12.7. The maximum absolute atomic E-state index is 8.95. The van der Waals surface area contributed by atoms with Gasteiger partial charge in [0.25, 0.3) is 0 Å². The van der Waals surface area contributed by atoms with Crippen molar-refractivity contribution in [1.82, 2.24) is 0 Å². The number of rotatable bonds is 6. The van der Waals surface area contributed by atoms with E-state index in [2.05, 4.69) is 42.6 Å². The minimum Gasteiger partial charge on any atom is -0.385 e. The first-order valence-corrected chi connectivity index (χ1v) is 6.32. The van der Waals surface area contributed by atoms with E-state index < -0.39 is 0 Å². The van der Waals surface area contributed by atoms with Crippen LogP contribution in [0, 0.1) is 16.7 Å². The summed E-state index contributed by atoms with van der Waals surface area (Å²) in [5.74, 6) is 0. The molecule has 0 atom stereocenters. The number of benzene rings is 1. The van der Waals surface area contributed by atoms with Gasteiger partial charge in [0.15, 0.2) is 0 Å². The van der Waals surface area contributed by atoms with Crippen molar-refractivity contribution in [1.29, 1.82) is 5.26 Å². The van der Waals surface area contributed by atoms with Gasteiger partial charge in [-0.1, -0.05) is 31.5 Å². The summed E-state index contributed by atoms with van der Waals surface area (Å²) in [6.07, 6.45) is 3.12. The Hall–Kier alpha value is -1.49. The third kappa shape index (κ3) is 4.48. The molecular formula is C15H22N2. The smallest absolute Gasteiger partial charge is 0.0684 e. The minimum atomic E-state index is -0.243. The molecule has 0 aliphatic carbocycles. The molecule has 1 aromatic rings. The topological polar surface area (TPSA) is 35.8 Å². The van der Waals surface area contributed by atoms with Crippen LogP contribution in [0.2, 0.25) is 0 Å². The zero-order valence-corrected chi connectivity index (χ0v) is 11.1. The van der Waals surface area contributed by atoms with E-state index in [0.29, 0.717) is 0 Å². The Morgan fingerprint density at radius 3 is 2.65 bits per heavy atom. The maximum atomic E-state index is 8.95. The molecule has 0 radical (unpaired) electrons. The van der Waals surface area contributed by atoms with Crippen LogP contribution in [0.5, 0.6) is 0 Å². The van der Waals surface area contributed by atoms with Gasteiger partial charge in [-0.25, -0.2) is 0 Å². The molecule has 0 fully saturated rings. The fourth-order valence-electron chi connectivity index (χ4n) is 1.75. The lowest BCUT2D eigenvalue weighted by atomic mass is 9.91. The van der Waals surface area contributed by atoms with Gasteiger partial charge < -0.3 is 5.32 Å². The molecule has 0 aromatic heterocycles. The monoisotopic (exact) mass is 230 g/mol. The Bertz CT molecular complexity index is 388. The van der Waals surface area contributed by atoms with E-state index in [9.17, 15) is 0 Å². The molecule has 0 heterocycles. The van der Waals surface area contributed by atoms with E-state index >= 15 is 0 Å². The molecule has 1 N–H and O–H groups in total. The summed E-state index contributed by atoms with van der Waals surface area (Å²) >= 11 is 0. The average molecular weight is 230 g/mol. The Morgan fingerprint density at radius 1 is 1.29 bits per heavy atom. The van der Waals surface area contributed by atoms with Gasteiger partial charge in [0, 0.05) is 12.2 Å². The highest BCUT2D eigenvalue weighted by Gasteiger charge is 2.15. The molecule has 1 rings (SSSR count). The van der Waals surface area contributed by atoms with Crippen molar-refractivity contribution in [3.05, 3.63) is 29.8 Å². The van der Waals surface area contributed by atoms with Crippen LogP contribution < -0.4 is 5.32 Å². The van der Waals surface area contributed by atoms with Crippen LogP contribution in [0.1, 0.15) is 39.2 Å². The van der Waals surface area contributed by atoms with Gasteiger partial charge in [-0.05, 0) is 38.3 Å². The minimum absolute atomic E-state index is 0.243. The molecule has 0 saturated heterocycles. The quantitative estimate of drug-likeness (QED) is 0.802. The number of hydrogen-bond acceptors (Lipinski definition) is 2. The first-order chi connectivity index (χ1) is 8.09. The Labute approximate surface area is 105 Å². The fourth-order valence-corrected chi connectivity index (χ4v) is 1.75. The molecule has 0 bridgehead atoms. The van der Waals surface area contributed by atoms with E-state index in [1.54, 1.807) is 0 Å². The van der Waals surface area contributed by atoms with Crippen molar-refractivity contribution in [2.75, 3.05) is 11.9 Å². The Kier molecular flexibility index (Phi) is 5.03. The predicted octanol–water partition coefficient (Wildman–Crippen LogP) is 3.99. The summed E-state index contributed by atoms with van der Waals surface area (Å²) in [6.45, 7) is 7.00. The molecule has 1 aromatic carbocycles. The maximum Gasteiger partial charge on any atom is 0.0684 e. The number of hydrogen-bond donors (Lipinski definition) is 1. The predicted molar refractivity (Wildman–Crippen MR) is 72.9 cm³/mol. The fraction of sp³-hybridized carbons (Fsp3) is 0.533. The van der Waals surface area contributed by atoms with Crippen LogP contribution >= 0.6 is 0 Å². The highest BCUT2D eigenvalue weighted by atomic mass is 14.9. The molecule has 0 spiro atoms. The van der Waals surface area contributed by atoms with E-state index in [1.807, 2.05) is 13.8 Å². The van der Waals surface area contributed by atoms with Gasteiger partial charge in [0.1, 0.15) is 0 Å². The van der Waals surface area contributed by atoms with Gasteiger partial charge in [0.2, 0.25) is 0 Å². The second-order valence-electron chi connectivity index (χ2n) is 5.08. The van der Waals surface area contributed by atoms with Gasteiger partial charge in [-0.3, -0.25) is 0 Å². The van der Waals surface area contributed by atoms with Gasteiger partial charge >= 0.3 is 0 Å². The van der Waals surface area contributed by atoms with E-state index in [-0.39, 0.29) is 5.41 Å². The zero-order valence-electron chi connectivity index (χ0n) is 11.1. The molecule has 0 unspecified atom stereocenters. The summed E-state index contributed by atoms with van der Waals surface area (Å²) in [7, 11) is 0. The lowest BCUT2D eigenvalue weighted by Crippen LogP contribution is -2.15. The second-order valence-corrected chi connectivity index (χ2v) is 5.08. The van der Waals surface area contributed by atoms with Crippen LogP contribution in [0.3, 0.4) is 0 Å². The first kappa shape index (κ1) is 13.6. The lowest BCUT2D eigenvalue weighted by Gasteiger charge is -2.17. The van der Waals surface area contributed by atoms with Crippen LogP contribution in [-0.2, 0) is 6.42 Å². The van der Waals surface area contributed by atoms with Crippen molar-refractivity contribution in [2.24, 2.45) is 5.41 Å². The molecule has 0 saturated carbocycles. The van der Waals surface area contributed by atoms with Crippen LogP contribution in [-0.4, -0.2) is 6.54 Å². The molecule has 2 heteroatoms. The average Bonchev–Trinajstić information content (AvgIpc) is 2.31. The van der Waals surface area contributed by atoms with Crippen molar-refractivity contribution in [2.45, 2.75) is 40.0 Å². The SMILES string of the molecule is CCCc1ccccc1NCCC(C)(C)C#N. The number of aryl methyl sites for hydroxylation is 1. The summed E-state index contributed by atoms with van der Waals surface area (Å²) in [5, 5.41) is 12.4. The third-order valence-electron chi connectivity index (χ3n) is 2.90. The van der Waals surface area contributed by atoms with Crippen molar-refractivity contribution >= 4 is 5.69 Å². The highest BCUT2D eigenvalue weighted by Crippen LogP contribution is 2.21. The number of anilines is 1. The normalized spacial score (nSPS) is 10.9. The summed E-state index contributed by atoms with van der Waals surface area (Å²) in [6, 6.07) is 10.7. The molecule has 0 aliphatic rings. The van der Waals surface area contributed by atoms with E-state index in [0.717, 1.165) is 25.8 Å². The molecule has 0 aliphatic heterocycles. The summed E-state index contributed by atoms with van der Waals surface area (Å²) in [5.41, 5.74) is 2.33. The van der Waals surface area contributed by atoms with Crippen LogP contribution in [0.25, 0.3) is 0 Å². The van der Waals surface area contributed by atoms with Gasteiger partial charge in [-0.15, -0.1) is 0 Å².